The number of carbonyl (C=O) groups excluding carboxylic acids is 2. The number of hydrogen-bond donors (Lipinski definition) is 3. The topological polar surface area (TPSA) is 112 Å². The van der Waals surface area contributed by atoms with Gasteiger partial charge in [0, 0.05) is 6.54 Å². The zero-order valence-electron chi connectivity index (χ0n) is 12.1. The zero-order chi connectivity index (χ0) is 15.9. The summed E-state index contributed by atoms with van der Waals surface area (Å²) in [6.45, 7) is 0.397. The van der Waals surface area contributed by atoms with E-state index in [0.29, 0.717) is 18.7 Å². The third-order valence-corrected chi connectivity index (χ3v) is 3.51. The Kier molecular flexibility index (Phi) is 5.40. The molecule has 0 bridgehead atoms. The molecule has 22 heavy (non-hydrogen) atoms. The average Bonchev–Trinajstić information content (AvgIpc) is 3.04. The summed E-state index contributed by atoms with van der Waals surface area (Å²) in [5.74, 6) is -0.793. The van der Waals surface area contributed by atoms with Gasteiger partial charge in [-0.2, -0.15) is 0 Å². The van der Waals surface area contributed by atoms with Gasteiger partial charge in [0.25, 0.3) is 0 Å². The van der Waals surface area contributed by atoms with E-state index in [9.17, 15) is 14.4 Å². The molecule has 2 rings (SSSR count). The summed E-state index contributed by atoms with van der Waals surface area (Å²) >= 11 is 0. The fourth-order valence-electron chi connectivity index (χ4n) is 2.39. The van der Waals surface area contributed by atoms with Crippen LogP contribution in [-0.2, 0) is 16.1 Å². The number of piperidine rings is 1. The first-order chi connectivity index (χ1) is 10.6. The summed E-state index contributed by atoms with van der Waals surface area (Å²) in [6.07, 6.45) is 3.52. The van der Waals surface area contributed by atoms with Gasteiger partial charge in [-0.05, 0) is 31.4 Å². The molecule has 120 valence electrons. The quantitative estimate of drug-likeness (QED) is 0.735. The van der Waals surface area contributed by atoms with Gasteiger partial charge in [-0.15, -0.1) is 0 Å². The summed E-state index contributed by atoms with van der Waals surface area (Å²) in [5, 5.41) is 14.1. The molecule has 1 aliphatic rings. The molecule has 1 saturated heterocycles. The number of rotatable bonds is 5. The molecule has 0 aromatic carbocycles. The average molecular weight is 309 g/mol. The summed E-state index contributed by atoms with van der Waals surface area (Å²) in [4.78, 5) is 36.1. The Balaban J connectivity index is 1.76. The van der Waals surface area contributed by atoms with Crippen LogP contribution >= 0.6 is 0 Å². The van der Waals surface area contributed by atoms with Crippen LogP contribution in [0.15, 0.2) is 22.8 Å². The van der Waals surface area contributed by atoms with Crippen molar-refractivity contribution >= 4 is 17.9 Å². The van der Waals surface area contributed by atoms with Crippen LogP contribution in [0.3, 0.4) is 0 Å². The minimum absolute atomic E-state index is 0.217. The maximum Gasteiger partial charge on any atom is 0.326 e. The summed E-state index contributed by atoms with van der Waals surface area (Å²) in [5.41, 5.74) is 0. The minimum atomic E-state index is -1.00. The number of urea groups is 1. The monoisotopic (exact) mass is 309 g/mol. The molecular weight excluding hydrogens is 290 g/mol. The number of furan rings is 1. The van der Waals surface area contributed by atoms with E-state index in [1.807, 2.05) is 0 Å². The molecule has 1 aromatic heterocycles. The third kappa shape index (κ3) is 4.24. The number of likely N-dealkylation sites (tertiary alicyclic amines) is 1. The molecule has 8 heteroatoms. The number of hydrogen-bond acceptors (Lipinski definition) is 4. The standard InChI is InChI=1S/C14H19N3O5/c18-12(17-6-2-1-5-11(17)13(19)20)9-16-14(21)15-8-10-4-3-7-22-10/h3-4,7,11H,1-2,5-6,8-9H2,(H,19,20)(H2,15,16,21). The Morgan fingerprint density at radius 3 is 2.82 bits per heavy atom. The molecule has 3 N–H and O–H groups in total. The van der Waals surface area contributed by atoms with Crippen LogP contribution in [0.1, 0.15) is 25.0 Å². The van der Waals surface area contributed by atoms with Crippen molar-refractivity contribution in [2.24, 2.45) is 0 Å². The van der Waals surface area contributed by atoms with Crippen molar-refractivity contribution in [2.75, 3.05) is 13.1 Å². The molecule has 0 radical (unpaired) electrons. The summed E-state index contributed by atoms with van der Waals surface area (Å²) in [7, 11) is 0. The van der Waals surface area contributed by atoms with Gasteiger partial charge in [-0.3, -0.25) is 4.79 Å². The molecule has 1 aromatic rings. The van der Waals surface area contributed by atoms with Gasteiger partial charge in [0.15, 0.2) is 0 Å². The molecule has 1 atom stereocenters. The predicted molar refractivity (Wildman–Crippen MR) is 75.9 cm³/mol. The van der Waals surface area contributed by atoms with Crippen molar-refractivity contribution in [3.8, 4) is 0 Å². The fraction of sp³-hybridized carbons (Fsp3) is 0.500. The Morgan fingerprint density at radius 1 is 1.32 bits per heavy atom. The molecule has 0 aliphatic carbocycles. The number of carboxylic acids is 1. The van der Waals surface area contributed by atoms with E-state index in [0.717, 1.165) is 12.8 Å². The van der Waals surface area contributed by atoms with E-state index < -0.39 is 18.0 Å². The third-order valence-electron chi connectivity index (χ3n) is 3.51. The molecule has 0 spiro atoms. The molecule has 8 nitrogen and oxygen atoms in total. The lowest BCUT2D eigenvalue weighted by molar-refractivity contribution is -0.151. The van der Waals surface area contributed by atoms with E-state index in [1.54, 1.807) is 12.1 Å². The highest BCUT2D eigenvalue weighted by Gasteiger charge is 2.31. The molecule has 1 aliphatic heterocycles. The second kappa shape index (κ2) is 7.48. The number of carbonyl (C=O) groups is 3. The van der Waals surface area contributed by atoms with Gasteiger partial charge in [0.05, 0.1) is 19.4 Å². The molecule has 3 amide bonds. The first-order valence-corrected chi connectivity index (χ1v) is 7.14. The largest absolute Gasteiger partial charge is 0.480 e. The Labute approximate surface area is 127 Å². The second-order valence-electron chi connectivity index (χ2n) is 5.05. The van der Waals surface area contributed by atoms with Crippen molar-refractivity contribution < 1.29 is 23.9 Å². The molecule has 0 saturated carbocycles. The fourth-order valence-corrected chi connectivity index (χ4v) is 2.39. The van der Waals surface area contributed by atoms with Crippen LogP contribution in [0.25, 0.3) is 0 Å². The van der Waals surface area contributed by atoms with Gasteiger partial charge in [-0.25, -0.2) is 9.59 Å². The van der Waals surface area contributed by atoms with Crippen LogP contribution in [0.5, 0.6) is 0 Å². The molecule has 1 unspecified atom stereocenters. The number of amides is 3. The number of nitrogens with zero attached hydrogens (tertiary/aromatic N) is 1. The van der Waals surface area contributed by atoms with Crippen molar-refractivity contribution in [1.82, 2.24) is 15.5 Å². The highest BCUT2D eigenvalue weighted by molar-refractivity contribution is 5.87. The summed E-state index contributed by atoms with van der Waals surface area (Å²) in [6, 6.07) is 2.13. The van der Waals surface area contributed by atoms with E-state index in [1.165, 1.54) is 11.2 Å². The van der Waals surface area contributed by atoms with Crippen molar-refractivity contribution in [1.29, 1.82) is 0 Å². The van der Waals surface area contributed by atoms with Crippen molar-refractivity contribution in [3.05, 3.63) is 24.2 Å². The van der Waals surface area contributed by atoms with Gasteiger partial charge in [0.2, 0.25) is 5.91 Å². The van der Waals surface area contributed by atoms with E-state index >= 15 is 0 Å². The van der Waals surface area contributed by atoms with E-state index in [-0.39, 0.29) is 19.0 Å². The zero-order valence-corrected chi connectivity index (χ0v) is 12.1. The SMILES string of the molecule is O=C(NCC(=O)N1CCCCC1C(=O)O)NCc1ccco1. The lowest BCUT2D eigenvalue weighted by Gasteiger charge is -2.32. The van der Waals surface area contributed by atoms with Crippen LogP contribution < -0.4 is 10.6 Å². The number of nitrogens with one attached hydrogen (secondary N) is 2. The number of carboxylic acid groups (broad SMARTS) is 1. The van der Waals surface area contributed by atoms with Gasteiger partial charge >= 0.3 is 12.0 Å². The number of aliphatic carboxylic acids is 1. The van der Waals surface area contributed by atoms with E-state index in [2.05, 4.69) is 10.6 Å². The first-order valence-electron chi connectivity index (χ1n) is 7.14. The lowest BCUT2D eigenvalue weighted by atomic mass is 10.0. The molecule has 1 fully saturated rings. The highest BCUT2D eigenvalue weighted by atomic mass is 16.4. The van der Waals surface area contributed by atoms with Crippen molar-refractivity contribution in [3.63, 3.8) is 0 Å². The lowest BCUT2D eigenvalue weighted by Crippen LogP contribution is -2.51. The Morgan fingerprint density at radius 2 is 2.14 bits per heavy atom. The maximum atomic E-state index is 12.1. The minimum Gasteiger partial charge on any atom is -0.480 e. The van der Waals surface area contributed by atoms with Crippen LogP contribution in [0.2, 0.25) is 0 Å². The van der Waals surface area contributed by atoms with Gasteiger partial charge < -0.3 is 25.1 Å². The predicted octanol–water partition coefficient (Wildman–Crippen LogP) is 0.545. The summed E-state index contributed by atoms with van der Waals surface area (Å²) < 4.78 is 5.06. The van der Waals surface area contributed by atoms with Crippen LogP contribution in [0.4, 0.5) is 4.79 Å². The maximum absolute atomic E-state index is 12.1. The van der Waals surface area contributed by atoms with Crippen molar-refractivity contribution in [2.45, 2.75) is 31.8 Å². The first kappa shape index (κ1) is 15.9. The van der Waals surface area contributed by atoms with E-state index in [4.69, 9.17) is 9.52 Å². The second-order valence-corrected chi connectivity index (χ2v) is 5.05. The Bertz CT molecular complexity index is 529. The smallest absolute Gasteiger partial charge is 0.326 e. The Hall–Kier alpha value is -2.51. The van der Waals surface area contributed by atoms with Crippen LogP contribution in [0, 0.1) is 0 Å². The van der Waals surface area contributed by atoms with Crippen LogP contribution in [-0.4, -0.2) is 47.0 Å². The molecule has 2 heterocycles. The van der Waals surface area contributed by atoms with Gasteiger partial charge in [0.1, 0.15) is 11.8 Å². The van der Waals surface area contributed by atoms with Gasteiger partial charge in [-0.1, -0.05) is 0 Å². The normalized spacial score (nSPS) is 17.8. The molecular formula is C14H19N3O5. The highest BCUT2D eigenvalue weighted by Crippen LogP contribution is 2.17.